The number of fused-ring (bicyclic) bond motifs is 1. The number of nitrogens with zero attached hydrogens (tertiary/aromatic N) is 3. The van der Waals surface area contributed by atoms with E-state index in [1.54, 1.807) is 0 Å². The molecule has 15 nitrogen and oxygen atoms in total. The van der Waals surface area contributed by atoms with Crippen LogP contribution in [0.1, 0.15) is 51.1 Å². The molecule has 1 aromatic rings. The normalized spacial score (nSPS) is 21.6. The van der Waals surface area contributed by atoms with Crippen molar-refractivity contribution in [3.8, 4) is 0 Å². The molecule has 2 aliphatic heterocycles. The number of allylic oxidation sites excluding steroid dienone is 1. The number of primary amides is 1. The van der Waals surface area contributed by atoms with Gasteiger partial charge in [0.1, 0.15) is 29.4 Å². The Morgan fingerprint density at radius 2 is 2.00 bits per heavy atom. The first-order chi connectivity index (χ1) is 20.6. The Hall–Kier alpha value is -4.12. The fourth-order valence-corrected chi connectivity index (χ4v) is 6.86. The minimum Gasteiger partial charge on any atom is -0.445 e. The van der Waals surface area contributed by atoms with Gasteiger partial charge in [-0.25, -0.2) is 14.6 Å². The summed E-state index contributed by atoms with van der Waals surface area (Å²) in [5.41, 5.74) is 10.4. The van der Waals surface area contributed by atoms with Crippen molar-refractivity contribution in [1.82, 2.24) is 15.2 Å². The summed E-state index contributed by atoms with van der Waals surface area (Å²) >= 11 is 2.29. The molecule has 1 aromatic heterocycles. The number of nitrogen functional groups attached to an aromatic ring is 1. The van der Waals surface area contributed by atoms with Crippen molar-refractivity contribution < 1.29 is 43.4 Å². The zero-order valence-corrected chi connectivity index (χ0v) is 24.9. The predicted molar refractivity (Wildman–Crippen MR) is 154 cm³/mol. The fourth-order valence-electron chi connectivity index (χ4n) is 4.99. The SMILES string of the molecule is CC(OC(=O)CC1CCCCC1)OC(=O)C1=C(/C=C\COC(N)=O)CS[C@H]2C(NC(=O)/C(=N\O)c3csc(N)n3)C(=O)N12. The summed E-state index contributed by atoms with van der Waals surface area (Å²) < 4.78 is 15.4. The number of hydrogen-bond acceptors (Lipinski definition) is 14. The summed E-state index contributed by atoms with van der Waals surface area (Å²) in [4.78, 5) is 67.9. The standard InChI is InChI=1S/C26H32N6O9S2/c1-13(40-17(33)10-14-6-3-2-4-7-14)41-24(36)20-15(8-5-9-39-26(28)37)11-42-23-19(22(35)32(20)23)30-21(34)18(31-38)16-12-43-25(27)29-16/h5,8,12-14,19,23,38H,2-4,6-7,9-11H2,1H3,(H2,27,29)(H2,28,37)(H,30,34)/b8-5-,31-18-/t13?,19?,23-/m0/s1. The smallest absolute Gasteiger partial charge is 0.404 e. The van der Waals surface area contributed by atoms with E-state index in [2.05, 4.69) is 15.5 Å². The van der Waals surface area contributed by atoms with Gasteiger partial charge in [0.2, 0.25) is 6.29 Å². The molecule has 17 heteroatoms. The van der Waals surface area contributed by atoms with E-state index < -0.39 is 53.3 Å². The van der Waals surface area contributed by atoms with Crippen LogP contribution in [0.25, 0.3) is 0 Å². The van der Waals surface area contributed by atoms with E-state index in [9.17, 15) is 29.2 Å². The van der Waals surface area contributed by atoms with Gasteiger partial charge in [-0.2, -0.15) is 0 Å². The molecule has 0 spiro atoms. The van der Waals surface area contributed by atoms with E-state index in [-0.39, 0.29) is 41.2 Å². The van der Waals surface area contributed by atoms with Crippen LogP contribution in [0.4, 0.5) is 9.93 Å². The lowest BCUT2D eigenvalue weighted by Crippen LogP contribution is -2.71. The van der Waals surface area contributed by atoms with Gasteiger partial charge in [-0.3, -0.25) is 19.3 Å². The molecule has 1 aliphatic carbocycles. The van der Waals surface area contributed by atoms with Crippen molar-refractivity contribution in [3.05, 3.63) is 34.5 Å². The molecule has 6 N–H and O–H groups in total. The fraction of sp³-hybridized carbons (Fsp3) is 0.500. The molecule has 0 aromatic carbocycles. The van der Waals surface area contributed by atoms with Gasteiger partial charge in [-0.15, -0.1) is 23.1 Å². The van der Waals surface area contributed by atoms with Crippen LogP contribution < -0.4 is 16.8 Å². The summed E-state index contributed by atoms with van der Waals surface area (Å²) in [6.07, 6.45) is 6.12. The molecule has 3 atom stereocenters. The first-order valence-corrected chi connectivity index (χ1v) is 15.4. The van der Waals surface area contributed by atoms with E-state index in [0.717, 1.165) is 43.4 Å². The van der Waals surface area contributed by atoms with Crippen molar-refractivity contribution in [2.24, 2.45) is 16.8 Å². The first kappa shape index (κ1) is 31.8. The summed E-state index contributed by atoms with van der Waals surface area (Å²) in [6, 6.07) is -1.07. The van der Waals surface area contributed by atoms with Gasteiger partial charge in [0.15, 0.2) is 10.8 Å². The molecule has 3 heterocycles. The Bertz CT molecular complexity index is 1350. The second kappa shape index (κ2) is 14.4. The van der Waals surface area contributed by atoms with Crippen LogP contribution in [-0.4, -0.2) is 80.7 Å². The number of nitrogens with two attached hydrogens (primary N) is 2. The van der Waals surface area contributed by atoms with Crippen LogP contribution in [0.3, 0.4) is 0 Å². The van der Waals surface area contributed by atoms with E-state index in [4.69, 9.17) is 25.7 Å². The summed E-state index contributed by atoms with van der Waals surface area (Å²) in [5, 5.41) is 15.8. The number of anilines is 1. The predicted octanol–water partition coefficient (Wildman–Crippen LogP) is 1.61. The van der Waals surface area contributed by atoms with E-state index in [1.165, 1.54) is 41.1 Å². The first-order valence-electron chi connectivity index (χ1n) is 13.5. The number of thioether (sulfide) groups is 1. The monoisotopic (exact) mass is 636 g/mol. The Morgan fingerprint density at radius 3 is 2.65 bits per heavy atom. The van der Waals surface area contributed by atoms with Crippen LogP contribution >= 0.6 is 23.1 Å². The van der Waals surface area contributed by atoms with Gasteiger partial charge in [0, 0.05) is 24.5 Å². The summed E-state index contributed by atoms with van der Waals surface area (Å²) in [5.74, 6) is -2.46. The number of aromatic nitrogens is 1. The number of amides is 3. The lowest BCUT2D eigenvalue weighted by Gasteiger charge is -2.49. The van der Waals surface area contributed by atoms with Crippen molar-refractivity contribution in [1.29, 1.82) is 0 Å². The maximum Gasteiger partial charge on any atom is 0.404 e. The van der Waals surface area contributed by atoms with Gasteiger partial charge in [-0.1, -0.05) is 30.5 Å². The Balaban J connectivity index is 1.46. The topological polar surface area (TPSA) is 226 Å². The molecule has 232 valence electrons. The molecular weight excluding hydrogens is 604 g/mol. The Kier molecular flexibility index (Phi) is 10.6. The lowest BCUT2D eigenvalue weighted by molar-refractivity contribution is -0.185. The number of thiazole rings is 1. The number of carbonyl (C=O) groups is 5. The van der Waals surface area contributed by atoms with Crippen molar-refractivity contribution >= 4 is 63.8 Å². The average Bonchev–Trinajstić information content (AvgIpc) is 3.39. The molecule has 3 aliphatic rings. The molecule has 0 radical (unpaired) electrons. The zero-order valence-electron chi connectivity index (χ0n) is 23.2. The molecule has 4 rings (SSSR count). The number of ether oxygens (including phenoxy) is 3. The number of rotatable bonds is 11. The van der Waals surface area contributed by atoms with Crippen LogP contribution in [-0.2, 0) is 33.4 Å². The highest BCUT2D eigenvalue weighted by Gasteiger charge is 2.54. The van der Waals surface area contributed by atoms with E-state index in [0.29, 0.717) is 5.57 Å². The van der Waals surface area contributed by atoms with E-state index in [1.807, 2.05) is 0 Å². The zero-order chi connectivity index (χ0) is 31.1. The number of nitrogens with one attached hydrogen (secondary N) is 1. The third-order valence-corrected chi connectivity index (χ3v) is 8.92. The summed E-state index contributed by atoms with van der Waals surface area (Å²) in [6.45, 7) is 1.23. The third kappa shape index (κ3) is 7.84. The Morgan fingerprint density at radius 1 is 1.26 bits per heavy atom. The van der Waals surface area contributed by atoms with Crippen LogP contribution in [0.15, 0.2) is 34.0 Å². The maximum absolute atomic E-state index is 13.4. The minimum atomic E-state index is -1.23. The highest BCUT2D eigenvalue weighted by Crippen LogP contribution is 2.41. The number of esters is 2. The molecule has 3 amide bonds. The molecular formula is C26H32N6O9S2. The van der Waals surface area contributed by atoms with Gasteiger partial charge in [0.05, 0.1) is 0 Å². The average molecular weight is 637 g/mol. The maximum atomic E-state index is 13.4. The second-order valence-corrected chi connectivity index (χ2v) is 12.0. The molecule has 2 unspecified atom stereocenters. The molecule has 43 heavy (non-hydrogen) atoms. The summed E-state index contributed by atoms with van der Waals surface area (Å²) in [7, 11) is 0. The lowest BCUT2D eigenvalue weighted by atomic mass is 9.87. The molecule has 0 bridgehead atoms. The Labute approximate surface area is 254 Å². The number of carbonyl (C=O) groups excluding carboxylic acids is 5. The quantitative estimate of drug-likeness (QED) is 0.0679. The van der Waals surface area contributed by atoms with Crippen molar-refractivity contribution in [3.63, 3.8) is 0 Å². The highest BCUT2D eigenvalue weighted by atomic mass is 32.2. The van der Waals surface area contributed by atoms with Crippen molar-refractivity contribution in [2.75, 3.05) is 18.1 Å². The third-order valence-electron chi connectivity index (χ3n) is 6.95. The molecule has 1 saturated heterocycles. The van der Waals surface area contributed by atoms with Crippen molar-refractivity contribution in [2.45, 2.75) is 63.2 Å². The molecule has 1 saturated carbocycles. The number of oxime groups is 1. The van der Waals surface area contributed by atoms with Gasteiger partial charge >= 0.3 is 18.0 Å². The van der Waals surface area contributed by atoms with Gasteiger partial charge in [-0.05, 0) is 30.4 Å². The number of hydrogen-bond donors (Lipinski definition) is 4. The van der Waals surface area contributed by atoms with Crippen LogP contribution in [0.5, 0.6) is 0 Å². The van der Waals surface area contributed by atoms with Gasteiger partial charge < -0.3 is 36.2 Å². The van der Waals surface area contributed by atoms with Gasteiger partial charge in [0.25, 0.3) is 11.8 Å². The highest BCUT2D eigenvalue weighted by molar-refractivity contribution is 8.00. The second-order valence-electron chi connectivity index (χ2n) is 9.96. The largest absolute Gasteiger partial charge is 0.445 e. The van der Waals surface area contributed by atoms with Crippen LogP contribution in [0.2, 0.25) is 0 Å². The molecule has 2 fully saturated rings. The van der Waals surface area contributed by atoms with Crippen LogP contribution in [0, 0.1) is 5.92 Å². The van der Waals surface area contributed by atoms with E-state index >= 15 is 0 Å². The minimum absolute atomic E-state index is 0.0317. The number of β-lactam (4-membered cyclic amide) rings is 1.